The highest BCUT2D eigenvalue weighted by molar-refractivity contribution is 14.1. The highest BCUT2D eigenvalue weighted by atomic mass is 127. The van der Waals surface area contributed by atoms with E-state index in [1.54, 1.807) is 18.3 Å². The quantitative estimate of drug-likeness (QED) is 0.128. The molecule has 3 aromatic rings. The lowest BCUT2D eigenvalue weighted by molar-refractivity contribution is -0.384. The number of nitrogens with one attached hydrogen (secondary N) is 2. The van der Waals surface area contributed by atoms with Crippen molar-refractivity contribution in [3.8, 4) is 5.75 Å². The topological polar surface area (TPSA) is 106 Å². The van der Waals surface area contributed by atoms with Crippen molar-refractivity contribution in [2.45, 2.75) is 6.61 Å². The van der Waals surface area contributed by atoms with E-state index in [1.165, 1.54) is 12.1 Å². The smallest absolute Gasteiger partial charge is 0.269 e. The van der Waals surface area contributed by atoms with Gasteiger partial charge in [0.25, 0.3) is 11.6 Å². The molecule has 1 amide bonds. The van der Waals surface area contributed by atoms with Crippen molar-refractivity contribution in [2.24, 2.45) is 5.10 Å². The third-order valence-electron chi connectivity index (χ3n) is 4.25. The average molecular weight is 782 g/mol. The van der Waals surface area contributed by atoms with Crippen LogP contribution in [0.4, 0.5) is 11.4 Å². The van der Waals surface area contributed by atoms with Gasteiger partial charge in [-0.15, -0.1) is 0 Å². The predicted octanol–water partition coefficient (Wildman–Crippen LogP) is 5.55. The molecule has 11 heteroatoms. The third-order valence-corrected chi connectivity index (χ3v) is 6.57. The number of nitro groups is 1. The number of rotatable bonds is 9. The number of nitrogens with zero attached hydrogens (tertiary/aromatic N) is 2. The number of amides is 1. The van der Waals surface area contributed by atoms with Gasteiger partial charge >= 0.3 is 0 Å². The zero-order valence-corrected chi connectivity index (χ0v) is 23.4. The minimum atomic E-state index is -0.431. The Kier molecular flexibility index (Phi) is 9.66. The van der Waals surface area contributed by atoms with Crippen LogP contribution >= 0.6 is 67.8 Å². The molecule has 33 heavy (non-hydrogen) atoms. The second-order valence-corrected chi connectivity index (χ2v) is 10.2. The Labute approximate surface area is 231 Å². The summed E-state index contributed by atoms with van der Waals surface area (Å²) in [5.41, 5.74) is 5.07. The number of anilines is 1. The highest BCUT2D eigenvalue weighted by Crippen LogP contribution is 2.29. The van der Waals surface area contributed by atoms with Crippen LogP contribution in [0.15, 0.2) is 65.8 Å². The summed E-state index contributed by atoms with van der Waals surface area (Å²) in [5, 5.41) is 17.8. The number of benzene rings is 3. The molecule has 0 aliphatic heterocycles. The van der Waals surface area contributed by atoms with E-state index in [0.717, 1.165) is 33.3 Å². The van der Waals surface area contributed by atoms with Crippen molar-refractivity contribution in [3.63, 3.8) is 0 Å². The number of hydrogen-bond donors (Lipinski definition) is 2. The van der Waals surface area contributed by atoms with Gasteiger partial charge in [0.1, 0.15) is 12.4 Å². The summed E-state index contributed by atoms with van der Waals surface area (Å²) in [7, 11) is 0. The van der Waals surface area contributed by atoms with Gasteiger partial charge < -0.3 is 10.1 Å². The first-order valence-electron chi connectivity index (χ1n) is 9.48. The van der Waals surface area contributed by atoms with Crippen LogP contribution < -0.4 is 15.5 Å². The van der Waals surface area contributed by atoms with E-state index in [-0.39, 0.29) is 18.1 Å². The van der Waals surface area contributed by atoms with Crippen LogP contribution in [0.25, 0.3) is 0 Å². The molecule has 0 bridgehead atoms. The number of non-ortho nitro benzene ring substituents is 1. The first-order chi connectivity index (χ1) is 15.8. The van der Waals surface area contributed by atoms with Crippen molar-refractivity contribution in [1.29, 1.82) is 0 Å². The van der Waals surface area contributed by atoms with E-state index < -0.39 is 4.92 Å². The second-order valence-electron chi connectivity index (χ2n) is 6.68. The molecule has 0 aromatic heterocycles. The Morgan fingerprint density at radius 3 is 2.27 bits per heavy atom. The summed E-state index contributed by atoms with van der Waals surface area (Å²) in [6.07, 6.45) is 1.58. The first-order valence-corrected chi connectivity index (χ1v) is 12.7. The lowest BCUT2D eigenvalue weighted by Crippen LogP contribution is -2.25. The van der Waals surface area contributed by atoms with Crippen LogP contribution in [0.3, 0.4) is 0 Å². The number of carbonyl (C=O) groups excluding carboxylic acids is 1. The van der Waals surface area contributed by atoms with Crippen LogP contribution in [0, 0.1) is 20.8 Å². The summed E-state index contributed by atoms with van der Waals surface area (Å²) in [5.74, 6) is 0.467. The minimum Gasteiger partial charge on any atom is -0.487 e. The van der Waals surface area contributed by atoms with Crippen LogP contribution in [-0.4, -0.2) is 23.6 Å². The Morgan fingerprint density at radius 2 is 1.67 bits per heavy atom. The molecule has 3 aromatic carbocycles. The van der Waals surface area contributed by atoms with Crippen LogP contribution in [0.1, 0.15) is 11.1 Å². The standard InChI is InChI=1S/C22H17I3N4O4/c23-16-3-5-17(6-4-16)26-12-21(30)28-27-11-15-9-19(24)22(20(25)10-15)33-13-14-1-7-18(8-2-14)29(31)32/h1-11,26H,12-13H2,(H,28,30)/b27-11-. The summed E-state index contributed by atoms with van der Waals surface area (Å²) in [6, 6.07) is 17.8. The van der Waals surface area contributed by atoms with Crippen LogP contribution in [0.2, 0.25) is 0 Å². The molecule has 170 valence electrons. The fraction of sp³-hybridized carbons (Fsp3) is 0.0909. The zero-order valence-electron chi connectivity index (χ0n) is 16.9. The average Bonchev–Trinajstić information content (AvgIpc) is 2.78. The maximum absolute atomic E-state index is 12.0. The Hall–Kier alpha value is -2.01. The van der Waals surface area contributed by atoms with Gasteiger partial charge in [0.05, 0.1) is 24.8 Å². The molecule has 0 unspecified atom stereocenters. The molecule has 0 fully saturated rings. The molecular formula is C22H17I3N4O4. The molecule has 0 heterocycles. The maximum atomic E-state index is 12.0. The summed E-state index contributed by atoms with van der Waals surface area (Å²) >= 11 is 6.58. The monoisotopic (exact) mass is 782 g/mol. The lowest BCUT2D eigenvalue weighted by Gasteiger charge is -2.11. The molecule has 0 radical (unpaired) electrons. The van der Waals surface area contributed by atoms with Crippen molar-refractivity contribution < 1.29 is 14.5 Å². The van der Waals surface area contributed by atoms with Gasteiger partial charge in [-0.2, -0.15) is 5.10 Å². The number of carbonyl (C=O) groups is 1. The largest absolute Gasteiger partial charge is 0.487 e. The molecular weight excluding hydrogens is 765 g/mol. The van der Waals surface area contributed by atoms with Crippen molar-refractivity contribution >= 4 is 91.3 Å². The summed E-state index contributed by atoms with van der Waals surface area (Å²) in [4.78, 5) is 22.3. The van der Waals surface area contributed by atoms with Gasteiger partial charge in [0, 0.05) is 21.4 Å². The molecule has 8 nitrogen and oxygen atoms in total. The van der Waals surface area contributed by atoms with E-state index >= 15 is 0 Å². The Bertz CT molecular complexity index is 1150. The van der Waals surface area contributed by atoms with Gasteiger partial charge in [-0.05, 0) is 127 Å². The van der Waals surface area contributed by atoms with Gasteiger partial charge in [-0.25, -0.2) is 5.43 Å². The third kappa shape index (κ3) is 8.06. The molecule has 3 rings (SSSR count). The maximum Gasteiger partial charge on any atom is 0.269 e. The number of hydrazone groups is 1. The lowest BCUT2D eigenvalue weighted by atomic mass is 10.2. The van der Waals surface area contributed by atoms with Crippen molar-refractivity contribution in [2.75, 3.05) is 11.9 Å². The van der Waals surface area contributed by atoms with E-state index in [9.17, 15) is 14.9 Å². The first kappa shape index (κ1) is 25.6. The molecule has 0 aliphatic rings. The predicted molar refractivity (Wildman–Crippen MR) is 153 cm³/mol. The van der Waals surface area contributed by atoms with Gasteiger partial charge in [0.2, 0.25) is 0 Å². The van der Waals surface area contributed by atoms with E-state index in [4.69, 9.17) is 4.74 Å². The van der Waals surface area contributed by atoms with Crippen LogP contribution in [0.5, 0.6) is 5.75 Å². The molecule has 0 saturated carbocycles. The SMILES string of the molecule is O=C(CNc1ccc(I)cc1)N/N=C\c1cc(I)c(OCc2ccc([N+](=O)[O-])cc2)c(I)c1. The van der Waals surface area contributed by atoms with E-state index in [1.807, 2.05) is 36.4 Å². The molecule has 2 N–H and O–H groups in total. The number of ether oxygens (including phenoxy) is 1. The van der Waals surface area contributed by atoms with E-state index in [2.05, 4.69) is 83.6 Å². The van der Waals surface area contributed by atoms with Gasteiger partial charge in [-0.1, -0.05) is 0 Å². The summed E-state index contributed by atoms with van der Waals surface area (Å²) < 4.78 is 8.82. The highest BCUT2D eigenvalue weighted by Gasteiger charge is 2.10. The fourth-order valence-electron chi connectivity index (χ4n) is 2.63. The second kappa shape index (κ2) is 12.5. The Balaban J connectivity index is 1.53. The molecule has 0 aliphatic carbocycles. The number of hydrogen-bond acceptors (Lipinski definition) is 6. The van der Waals surface area contributed by atoms with Crippen molar-refractivity contribution in [3.05, 3.63) is 92.6 Å². The minimum absolute atomic E-state index is 0.0456. The van der Waals surface area contributed by atoms with E-state index in [0.29, 0.717) is 6.61 Å². The van der Waals surface area contributed by atoms with Crippen LogP contribution in [-0.2, 0) is 11.4 Å². The fourth-order valence-corrected chi connectivity index (χ4v) is 5.12. The summed E-state index contributed by atoms with van der Waals surface area (Å²) in [6.45, 7) is 0.406. The molecule has 0 atom stereocenters. The van der Waals surface area contributed by atoms with Crippen molar-refractivity contribution in [1.82, 2.24) is 5.43 Å². The number of nitro benzene ring substituents is 1. The normalized spacial score (nSPS) is 10.8. The number of halogens is 3. The Morgan fingerprint density at radius 1 is 1.03 bits per heavy atom. The van der Waals surface area contributed by atoms with Gasteiger partial charge in [-0.3, -0.25) is 14.9 Å². The van der Waals surface area contributed by atoms with Gasteiger partial charge in [0.15, 0.2) is 0 Å². The zero-order chi connectivity index (χ0) is 23.8. The molecule has 0 spiro atoms. The molecule has 0 saturated heterocycles.